The van der Waals surface area contributed by atoms with Gasteiger partial charge in [0.25, 0.3) is 0 Å². The van der Waals surface area contributed by atoms with E-state index in [-0.39, 0.29) is 25.1 Å². The van der Waals surface area contributed by atoms with Crippen molar-refractivity contribution in [3.63, 3.8) is 0 Å². The lowest BCUT2D eigenvalue weighted by Crippen LogP contribution is -2.59. The van der Waals surface area contributed by atoms with Crippen molar-refractivity contribution in [3.8, 4) is 11.5 Å². The number of para-hydroxylation sites is 1. The summed E-state index contributed by atoms with van der Waals surface area (Å²) in [6.45, 7) is 6.06. The van der Waals surface area contributed by atoms with Crippen molar-refractivity contribution in [3.05, 3.63) is 84.5 Å². The minimum atomic E-state index is -1.22. The lowest BCUT2D eigenvalue weighted by molar-refractivity contribution is -0.132. The standard InChI is InChI=1S/C28H37NO5/c1-4-24-10-8-9-17-28(24,32)29(19-25(31)20-33-26-11-6-5-7-12-26)21(2)18-23-13-15-27(16-14-23)34-22(3)30/h5-17,21-22,24-25,30-32H,4,18-20H2,1-3H3/t21-,22?,24-,25+,28?/m1/s1. The van der Waals surface area contributed by atoms with Crippen LogP contribution in [-0.2, 0) is 6.42 Å². The van der Waals surface area contributed by atoms with Crippen molar-refractivity contribution in [1.29, 1.82) is 0 Å². The minimum absolute atomic E-state index is 0.0786. The molecular weight excluding hydrogens is 430 g/mol. The molecule has 0 heterocycles. The highest BCUT2D eigenvalue weighted by Crippen LogP contribution is 2.33. The van der Waals surface area contributed by atoms with Gasteiger partial charge in [-0.3, -0.25) is 4.90 Å². The Balaban J connectivity index is 1.75. The van der Waals surface area contributed by atoms with Crippen LogP contribution >= 0.6 is 0 Å². The molecule has 0 amide bonds. The summed E-state index contributed by atoms with van der Waals surface area (Å²) in [4.78, 5) is 1.97. The van der Waals surface area contributed by atoms with Crippen molar-refractivity contribution in [1.82, 2.24) is 4.90 Å². The molecule has 6 heteroatoms. The number of rotatable bonds is 12. The predicted octanol–water partition coefficient (Wildman–Crippen LogP) is 3.92. The van der Waals surface area contributed by atoms with Crippen molar-refractivity contribution >= 4 is 0 Å². The Kier molecular flexibility index (Phi) is 9.30. The van der Waals surface area contributed by atoms with Crippen LogP contribution in [0.15, 0.2) is 78.9 Å². The quantitative estimate of drug-likeness (QED) is 0.411. The minimum Gasteiger partial charge on any atom is -0.491 e. The summed E-state index contributed by atoms with van der Waals surface area (Å²) < 4.78 is 11.1. The van der Waals surface area contributed by atoms with Gasteiger partial charge in [0.2, 0.25) is 0 Å². The van der Waals surface area contributed by atoms with Gasteiger partial charge in [0.1, 0.15) is 29.9 Å². The van der Waals surface area contributed by atoms with E-state index in [1.54, 1.807) is 6.92 Å². The molecule has 2 unspecified atom stereocenters. The molecule has 0 saturated heterocycles. The molecule has 6 nitrogen and oxygen atoms in total. The third-order valence-electron chi connectivity index (χ3n) is 6.13. The first-order valence-electron chi connectivity index (χ1n) is 12.0. The molecule has 184 valence electrons. The fraction of sp³-hybridized carbons (Fsp3) is 0.429. The Bertz CT molecular complexity index is 928. The van der Waals surface area contributed by atoms with Gasteiger partial charge >= 0.3 is 0 Å². The fourth-order valence-electron chi connectivity index (χ4n) is 4.43. The second kappa shape index (κ2) is 12.2. The van der Waals surface area contributed by atoms with E-state index in [1.807, 2.05) is 83.8 Å². The second-order valence-electron chi connectivity index (χ2n) is 8.89. The Morgan fingerprint density at radius 3 is 2.32 bits per heavy atom. The zero-order valence-corrected chi connectivity index (χ0v) is 20.2. The zero-order chi connectivity index (χ0) is 24.6. The molecule has 0 aromatic heterocycles. The highest BCUT2D eigenvalue weighted by Gasteiger charge is 2.42. The maximum absolute atomic E-state index is 11.8. The molecule has 0 bridgehead atoms. The number of nitrogens with zero attached hydrogens (tertiary/aromatic N) is 1. The molecule has 5 atom stereocenters. The van der Waals surface area contributed by atoms with Crippen molar-refractivity contribution in [2.24, 2.45) is 5.92 Å². The molecule has 3 N–H and O–H groups in total. The van der Waals surface area contributed by atoms with Gasteiger partial charge < -0.3 is 24.8 Å². The largest absolute Gasteiger partial charge is 0.491 e. The van der Waals surface area contributed by atoms with Crippen LogP contribution in [-0.4, -0.2) is 57.5 Å². The van der Waals surface area contributed by atoms with E-state index < -0.39 is 18.1 Å². The first-order valence-corrected chi connectivity index (χ1v) is 12.0. The van der Waals surface area contributed by atoms with Gasteiger partial charge in [-0.1, -0.05) is 55.5 Å². The molecule has 34 heavy (non-hydrogen) atoms. The van der Waals surface area contributed by atoms with Gasteiger partial charge in [-0.2, -0.15) is 0 Å². The number of aliphatic hydroxyl groups excluding tert-OH is 2. The summed E-state index contributed by atoms with van der Waals surface area (Å²) in [5.74, 6) is 1.21. The van der Waals surface area contributed by atoms with Crippen LogP contribution < -0.4 is 9.47 Å². The second-order valence-corrected chi connectivity index (χ2v) is 8.89. The van der Waals surface area contributed by atoms with Crippen LogP contribution in [0.25, 0.3) is 0 Å². The maximum Gasteiger partial charge on any atom is 0.194 e. The number of aliphatic hydroxyl groups is 3. The van der Waals surface area contributed by atoms with Gasteiger partial charge in [-0.05, 0) is 62.6 Å². The number of benzene rings is 2. The molecule has 1 aliphatic carbocycles. The van der Waals surface area contributed by atoms with Crippen LogP contribution in [0, 0.1) is 5.92 Å². The third-order valence-corrected chi connectivity index (χ3v) is 6.13. The van der Waals surface area contributed by atoms with E-state index in [4.69, 9.17) is 9.47 Å². The van der Waals surface area contributed by atoms with E-state index in [0.717, 1.165) is 12.0 Å². The molecule has 3 rings (SSSR count). The van der Waals surface area contributed by atoms with Crippen LogP contribution in [0.2, 0.25) is 0 Å². The van der Waals surface area contributed by atoms with Crippen LogP contribution in [0.1, 0.15) is 32.8 Å². The van der Waals surface area contributed by atoms with Crippen LogP contribution in [0.5, 0.6) is 11.5 Å². The molecule has 2 aromatic rings. The zero-order valence-electron chi connectivity index (χ0n) is 20.2. The van der Waals surface area contributed by atoms with E-state index in [9.17, 15) is 15.3 Å². The topological polar surface area (TPSA) is 82.4 Å². The summed E-state index contributed by atoms with van der Waals surface area (Å²) in [6, 6.07) is 16.9. The maximum atomic E-state index is 11.8. The number of ether oxygens (including phenoxy) is 2. The summed E-state index contributed by atoms with van der Waals surface area (Å²) >= 11 is 0. The molecule has 0 fully saturated rings. The van der Waals surface area contributed by atoms with Gasteiger partial charge in [-0.25, -0.2) is 0 Å². The summed E-state index contributed by atoms with van der Waals surface area (Å²) in [5, 5.41) is 32.1. The third kappa shape index (κ3) is 6.93. The lowest BCUT2D eigenvalue weighted by atomic mass is 9.85. The summed E-state index contributed by atoms with van der Waals surface area (Å²) in [6.07, 6.45) is 7.44. The predicted molar refractivity (Wildman–Crippen MR) is 134 cm³/mol. The van der Waals surface area contributed by atoms with Crippen LogP contribution in [0.3, 0.4) is 0 Å². The fourth-order valence-corrected chi connectivity index (χ4v) is 4.43. The molecule has 1 aliphatic rings. The van der Waals surface area contributed by atoms with E-state index >= 15 is 0 Å². The molecule has 2 aromatic carbocycles. The summed E-state index contributed by atoms with van der Waals surface area (Å²) in [7, 11) is 0. The molecular formula is C28H37NO5. The Hall–Kier alpha value is -2.64. The molecule has 0 saturated carbocycles. The van der Waals surface area contributed by atoms with Crippen molar-refractivity contribution in [2.75, 3.05) is 13.2 Å². The number of allylic oxidation sites excluding steroid dienone is 2. The monoisotopic (exact) mass is 467 g/mol. The average Bonchev–Trinajstić information content (AvgIpc) is 2.83. The highest BCUT2D eigenvalue weighted by molar-refractivity contribution is 5.28. The normalized spacial score (nSPS) is 22.4. The van der Waals surface area contributed by atoms with Gasteiger partial charge in [0.05, 0.1) is 0 Å². The first-order chi connectivity index (χ1) is 16.3. The van der Waals surface area contributed by atoms with E-state index in [0.29, 0.717) is 17.9 Å². The highest BCUT2D eigenvalue weighted by atomic mass is 16.6. The van der Waals surface area contributed by atoms with E-state index in [1.165, 1.54) is 0 Å². The lowest BCUT2D eigenvalue weighted by Gasteiger charge is -2.47. The Morgan fingerprint density at radius 2 is 1.68 bits per heavy atom. The first kappa shape index (κ1) is 26.0. The van der Waals surface area contributed by atoms with Crippen LogP contribution in [0.4, 0.5) is 0 Å². The van der Waals surface area contributed by atoms with Crippen molar-refractivity contribution < 1.29 is 24.8 Å². The van der Waals surface area contributed by atoms with Gasteiger partial charge in [0, 0.05) is 18.5 Å². The SMILES string of the molecule is CC[C@@H]1C=CC=CC1(O)N(C[C@H](O)COc1ccccc1)[C@H](C)Cc1ccc(OC(C)O)cc1. The number of hydrogen-bond donors (Lipinski definition) is 3. The Morgan fingerprint density at radius 1 is 0.971 bits per heavy atom. The Labute approximate surface area is 202 Å². The van der Waals surface area contributed by atoms with Crippen molar-refractivity contribution in [2.45, 2.75) is 57.8 Å². The smallest absolute Gasteiger partial charge is 0.194 e. The van der Waals surface area contributed by atoms with Gasteiger partial charge in [0.15, 0.2) is 6.29 Å². The van der Waals surface area contributed by atoms with Gasteiger partial charge in [-0.15, -0.1) is 0 Å². The molecule has 0 spiro atoms. The molecule has 0 radical (unpaired) electrons. The molecule has 0 aliphatic heterocycles. The number of hydrogen-bond acceptors (Lipinski definition) is 6. The summed E-state index contributed by atoms with van der Waals surface area (Å²) in [5.41, 5.74) is -0.149. The van der Waals surface area contributed by atoms with E-state index in [2.05, 4.69) is 13.8 Å². The average molecular weight is 468 g/mol.